The van der Waals surface area contributed by atoms with Crippen molar-refractivity contribution >= 4 is 28.8 Å². The highest BCUT2D eigenvalue weighted by Crippen LogP contribution is 2.28. The molecule has 7 heteroatoms. The van der Waals surface area contributed by atoms with Crippen molar-refractivity contribution in [2.75, 3.05) is 0 Å². The molecule has 0 aliphatic carbocycles. The number of aryl methyl sites for hydroxylation is 1. The molecule has 1 atom stereocenters. The van der Waals surface area contributed by atoms with Crippen molar-refractivity contribution in [3.8, 4) is 5.75 Å². The first-order valence-electron chi connectivity index (χ1n) is 10.7. The number of fused-ring (bicyclic) bond motifs is 2. The van der Waals surface area contributed by atoms with E-state index in [1.54, 1.807) is 43.3 Å². The first-order chi connectivity index (χ1) is 16.4. The number of hydrogen-bond acceptors (Lipinski definition) is 6. The third kappa shape index (κ3) is 3.77. The van der Waals surface area contributed by atoms with Gasteiger partial charge in [0.05, 0.1) is 11.1 Å². The van der Waals surface area contributed by atoms with Crippen molar-refractivity contribution in [3.05, 3.63) is 112 Å². The molecule has 2 amide bonds. The predicted molar refractivity (Wildman–Crippen MR) is 124 cm³/mol. The predicted octanol–water partition coefficient (Wildman–Crippen LogP) is 3.91. The van der Waals surface area contributed by atoms with E-state index < -0.39 is 29.5 Å². The number of ether oxygens (including phenoxy) is 1. The van der Waals surface area contributed by atoms with Gasteiger partial charge >= 0.3 is 11.6 Å². The maximum atomic E-state index is 13.4. The summed E-state index contributed by atoms with van der Waals surface area (Å²) in [6.07, 6.45) is 0.0902. The molecule has 0 N–H and O–H groups in total. The summed E-state index contributed by atoms with van der Waals surface area (Å²) in [5, 5.41) is 0.709. The van der Waals surface area contributed by atoms with Crippen molar-refractivity contribution in [1.29, 1.82) is 0 Å². The van der Waals surface area contributed by atoms with Crippen LogP contribution in [0.5, 0.6) is 5.75 Å². The lowest BCUT2D eigenvalue weighted by Gasteiger charge is -2.24. The van der Waals surface area contributed by atoms with Gasteiger partial charge in [-0.1, -0.05) is 42.5 Å². The van der Waals surface area contributed by atoms with E-state index in [2.05, 4.69) is 0 Å². The zero-order valence-electron chi connectivity index (χ0n) is 18.2. The monoisotopic (exact) mass is 453 g/mol. The Balaban J connectivity index is 1.50. The normalized spacial score (nSPS) is 13.7. The second-order valence-electron chi connectivity index (χ2n) is 8.06. The molecule has 7 nitrogen and oxygen atoms in total. The highest BCUT2D eigenvalue weighted by Gasteiger charge is 2.43. The molecule has 5 rings (SSSR count). The second-order valence-corrected chi connectivity index (χ2v) is 8.06. The van der Waals surface area contributed by atoms with Crippen LogP contribution in [0.4, 0.5) is 0 Å². The summed E-state index contributed by atoms with van der Waals surface area (Å²) in [4.78, 5) is 52.3. The van der Waals surface area contributed by atoms with Crippen molar-refractivity contribution in [2.24, 2.45) is 0 Å². The molecule has 0 saturated carbocycles. The number of carbonyl (C=O) groups is 3. The maximum Gasteiger partial charge on any atom is 0.336 e. The van der Waals surface area contributed by atoms with Crippen LogP contribution in [-0.4, -0.2) is 28.7 Å². The van der Waals surface area contributed by atoms with Crippen LogP contribution in [0, 0.1) is 6.92 Å². The van der Waals surface area contributed by atoms with E-state index in [-0.39, 0.29) is 28.9 Å². The summed E-state index contributed by atoms with van der Waals surface area (Å²) in [6.45, 7) is 1.78. The van der Waals surface area contributed by atoms with Crippen LogP contribution in [-0.2, 0) is 11.2 Å². The molecular weight excluding hydrogens is 434 g/mol. The van der Waals surface area contributed by atoms with Crippen molar-refractivity contribution in [2.45, 2.75) is 19.4 Å². The van der Waals surface area contributed by atoms with Gasteiger partial charge in [0, 0.05) is 23.9 Å². The summed E-state index contributed by atoms with van der Waals surface area (Å²) in [5.41, 5.74) is 1.76. The number of imide groups is 1. The van der Waals surface area contributed by atoms with Crippen LogP contribution < -0.4 is 10.4 Å². The molecule has 0 radical (unpaired) electrons. The molecule has 1 aliphatic heterocycles. The van der Waals surface area contributed by atoms with Crippen LogP contribution in [0.1, 0.15) is 31.8 Å². The Kier molecular flexibility index (Phi) is 5.30. The average Bonchev–Trinajstić information content (AvgIpc) is 3.08. The Labute approximate surface area is 194 Å². The topological polar surface area (TPSA) is 93.9 Å². The van der Waals surface area contributed by atoms with E-state index >= 15 is 0 Å². The SMILES string of the molecule is Cc1cc(=O)oc2cc(OC(=O)C(Cc3ccccc3)N3C(=O)c4ccccc4C3=O)ccc12. The molecule has 1 aliphatic rings. The Morgan fingerprint density at radius 2 is 1.53 bits per heavy atom. The third-order valence-electron chi connectivity index (χ3n) is 5.82. The maximum absolute atomic E-state index is 13.4. The highest BCUT2D eigenvalue weighted by molar-refractivity contribution is 6.22. The van der Waals surface area contributed by atoms with Crippen LogP contribution in [0.3, 0.4) is 0 Å². The lowest BCUT2D eigenvalue weighted by atomic mass is 10.0. The standard InChI is InChI=1S/C27H19NO6/c1-16-13-24(29)34-23-15-18(11-12-19(16)23)33-27(32)22(14-17-7-3-2-4-8-17)28-25(30)20-9-5-6-10-21(20)26(28)31/h2-13,15,22H,14H2,1H3. The molecule has 0 bridgehead atoms. The number of carbonyl (C=O) groups excluding carboxylic acids is 3. The van der Waals surface area contributed by atoms with Gasteiger partial charge < -0.3 is 9.15 Å². The van der Waals surface area contributed by atoms with Gasteiger partial charge in [-0.25, -0.2) is 9.59 Å². The van der Waals surface area contributed by atoms with E-state index in [0.29, 0.717) is 5.39 Å². The molecule has 0 fully saturated rings. The van der Waals surface area contributed by atoms with Crippen molar-refractivity contribution in [3.63, 3.8) is 0 Å². The second kappa shape index (κ2) is 8.44. The first-order valence-corrected chi connectivity index (χ1v) is 10.7. The molecule has 4 aromatic rings. The van der Waals surface area contributed by atoms with Gasteiger partial charge in [0.2, 0.25) is 0 Å². The van der Waals surface area contributed by atoms with Crippen LogP contribution in [0.2, 0.25) is 0 Å². The van der Waals surface area contributed by atoms with Crippen LogP contribution in [0.15, 0.2) is 88.1 Å². The van der Waals surface area contributed by atoms with Gasteiger partial charge in [-0.3, -0.25) is 14.5 Å². The van der Waals surface area contributed by atoms with E-state index in [9.17, 15) is 19.2 Å². The minimum Gasteiger partial charge on any atom is -0.425 e. The lowest BCUT2D eigenvalue weighted by molar-refractivity contribution is -0.138. The molecular formula is C27H19NO6. The molecule has 0 saturated heterocycles. The fourth-order valence-corrected chi connectivity index (χ4v) is 4.16. The summed E-state index contributed by atoms with van der Waals surface area (Å²) < 4.78 is 10.8. The highest BCUT2D eigenvalue weighted by atomic mass is 16.5. The van der Waals surface area contributed by atoms with Crippen molar-refractivity contribution < 1.29 is 23.5 Å². The molecule has 3 aromatic carbocycles. The molecule has 34 heavy (non-hydrogen) atoms. The fraction of sp³-hybridized carbons (Fsp3) is 0.111. The zero-order valence-corrected chi connectivity index (χ0v) is 18.2. The largest absolute Gasteiger partial charge is 0.425 e. The molecule has 2 heterocycles. The Morgan fingerprint density at radius 1 is 0.882 bits per heavy atom. The number of nitrogens with zero attached hydrogens (tertiary/aromatic N) is 1. The number of esters is 1. The van der Waals surface area contributed by atoms with Gasteiger partial charge in [0.1, 0.15) is 17.4 Å². The third-order valence-corrected chi connectivity index (χ3v) is 5.82. The van der Waals surface area contributed by atoms with Gasteiger partial charge in [-0.2, -0.15) is 0 Å². The average molecular weight is 453 g/mol. The van der Waals surface area contributed by atoms with Crippen LogP contribution >= 0.6 is 0 Å². The summed E-state index contributed by atoms with van der Waals surface area (Å²) in [6, 6.07) is 20.5. The van der Waals surface area contributed by atoms with E-state index in [0.717, 1.165) is 16.0 Å². The Bertz CT molecular complexity index is 1470. The first kappa shape index (κ1) is 21.3. The molecule has 1 unspecified atom stereocenters. The molecule has 168 valence electrons. The number of amides is 2. The number of rotatable bonds is 5. The number of benzene rings is 3. The minimum atomic E-state index is -1.19. The van der Waals surface area contributed by atoms with Crippen molar-refractivity contribution in [1.82, 2.24) is 4.90 Å². The summed E-state index contributed by atoms with van der Waals surface area (Å²) >= 11 is 0. The van der Waals surface area contributed by atoms with E-state index in [1.165, 1.54) is 12.1 Å². The van der Waals surface area contributed by atoms with Crippen LogP contribution in [0.25, 0.3) is 11.0 Å². The lowest BCUT2D eigenvalue weighted by Crippen LogP contribution is -2.48. The smallest absolute Gasteiger partial charge is 0.336 e. The Morgan fingerprint density at radius 3 is 2.21 bits per heavy atom. The quantitative estimate of drug-likeness (QED) is 0.197. The number of hydrogen-bond donors (Lipinski definition) is 0. The minimum absolute atomic E-state index is 0.0902. The van der Waals surface area contributed by atoms with Gasteiger partial charge in [-0.05, 0) is 42.3 Å². The van der Waals surface area contributed by atoms with E-state index in [1.807, 2.05) is 30.3 Å². The molecule has 0 spiro atoms. The van der Waals surface area contributed by atoms with Gasteiger partial charge in [0.15, 0.2) is 0 Å². The molecule has 1 aromatic heterocycles. The zero-order chi connectivity index (χ0) is 23.8. The van der Waals surface area contributed by atoms with Gasteiger partial charge in [0.25, 0.3) is 11.8 Å². The summed E-state index contributed by atoms with van der Waals surface area (Å²) in [7, 11) is 0. The Hall–Kier alpha value is -4.52. The fourth-order valence-electron chi connectivity index (χ4n) is 4.16. The van der Waals surface area contributed by atoms with E-state index in [4.69, 9.17) is 9.15 Å². The van der Waals surface area contributed by atoms with Gasteiger partial charge in [-0.15, -0.1) is 0 Å². The summed E-state index contributed by atoms with van der Waals surface area (Å²) in [5.74, 6) is -1.72.